The Bertz CT molecular complexity index is 921. The lowest BCUT2D eigenvalue weighted by Gasteiger charge is -2.18. The molecule has 1 aromatic heterocycles. The lowest BCUT2D eigenvalue weighted by Crippen LogP contribution is -2.20. The van der Waals surface area contributed by atoms with Gasteiger partial charge in [0.2, 0.25) is 0 Å². The normalized spacial score (nSPS) is 24.0. The van der Waals surface area contributed by atoms with Crippen molar-refractivity contribution in [2.75, 3.05) is 5.32 Å². The van der Waals surface area contributed by atoms with Gasteiger partial charge in [0.25, 0.3) is 5.91 Å². The molecule has 1 amide bonds. The molecule has 2 unspecified atom stereocenters. The largest absolute Gasteiger partial charge is 0.341 e. The molecule has 2 aromatic rings. The van der Waals surface area contributed by atoms with E-state index in [1.807, 2.05) is 30.7 Å². The number of halogens is 2. The number of hydrogen-bond donors (Lipinski definition) is 1. The van der Waals surface area contributed by atoms with E-state index in [0.717, 1.165) is 18.4 Å². The van der Waals surface area contributed by atoms with Crippen LogP contribution in [0.25, 0.3) is 0 Å². The van der Waals surface area contributed by atoms with Crippen LogP contribution in [0, 0.1) is 17.7 Å². The molecule has 0 spiro atoms. The minimum Gasteiger partial charge on any atom is -0.341 e. The highest BCUT2D eigenvalue weighted by Gasteiger charge is 2.42. The number of rotatable bonds is 4. The maximum atomic E-state index is 13.4. The fourth-order valence-electron chi connectivity index (χ4n) is 4.87. The Balaban J connectivity index is 1.62. The zero-order valence-corrected chi connectivity index (χ0v) is 16.8. The fraction of sp³-hybridized carbons (Fsp3) is 0.455. The summed E-state index contributed by atoms with van der Waals surface area (Å²) in [5.74, 6) is 0.834. The van der Waals surface area contributed by atoms with E-state index >= 15 is 0 Å². The molecule has 0 bridgehead atoms. The number of Topliss-reactive ketones (excluding diaryl/α,β-unsaturated/α-hetero) is 1. The summed E-state index contributed by atoms with van der Waals surface area (Å²) in [7, 11) is 0. The smallest absolute Gasteiger partial charge is 0.272 e. The van der Waals surface area contributed by atoms with E-state index in [1.54, 1.807) is 0 Å². The van der Waals surface area contributed by atoms with Crippen LogP contribution >= 0.6 is 11.6 Å². The molecular formula is C22H24ClFN2O2. The highest BCUT2D eigenvalue weighted by atomic mass is 35.5. The van der Waals surface area contributed by atoms with Gasteiger partial charge >= 0.3 is 0 Å². The number of hydrogen-bond acceptors (Lipinski definition) is 2. The van der Waals surface area contributed by atoms with Gasteiger partial charge in [0.1, 0.15) is 17.3 Å². The van der Waals surface area contributed by atoms with Crippen LogP contribution in [-0.4, -0.2) is 16.3 Å². The summed E-state index contributed by atoms with van der Waals surface area (Å²) in [4.78, 5) is 24.9. The van der Waals surface area contributed by atoms with Crippen molar-refractivity contribution in [3.05, 3.63) is 52.6 Å². The minimum atomic E-state index is -0.516. The molecular weight excluding hydrogens is 379 g/mol. The van der Waals surface area contributed by atoms with E-state index in [2.05, 4.69) is 5.32 Å². The molecule has 4 nitrogen and oxygen atoms in total. The van der Waals surface area contributed by atoms with Crippen LogP contribution in [0.5, 0.6) is 0 Å². The van der Waals surface area contributed by atoms with E-state index in [-0.39, 0.29) is 17.0 Å². The average molecular weight is 403 g/mol. The first kappa shape index (κ1) is 19.2. The number of anilines is 1. The Morgan fingerprint density at radius 2 is 1.89 bits per heavy atom. The Labute approximate surface area is 169 Å². The standard InChI is InChI=1S/C22H24ClFN2O2/c1-12(2)26-6-5-18(15-7-13-9-17(27)10-14(13)8-15)21(26)22(28)25-16-3-4-20(24)19(23)11-16/h3-6,11-15H,7-10H2,1-2H3,(H,25,28). The van der Waals surface area contributed by atoms with Crippen LogP contribution in [0.4, 0.5) is 10.1 Å². The number of nitrogens with one attached hydrogen (secondary N) is 1. The minimum absolute atomic E-state index is 0.0226. The van der Waals surface area contributed by atoms with Crippen LogP contribution in [0.2, 0.25) is 5.02 Å². The van der Waals surface area contributed by atoms with Crippen molar-refractivity contribution in [2.45, 2.75) is 51.5 Å². The van der Waals surface area contributed by atoms with Gasteiger partial charge in [-0.3, -0.25) is 9.59 Å². The number of nitrogens with zero attached hydrogens (tertiary/aromatic N) is 1. The summed E-state index contributed by atoms with van der Waals surface area (Å²) in [6.07, 6.45) is 5.25. The summed E-state index contributed by atoms with van der Waals surface area (Å²) in [6.45, 7) is 4.08. The van der Waals surface area contributed by atoms with E-state index in [9.17, 15) is 14.0 Å². The molecule has 28 heavy (non-hydrogen) atoms. The van der Waals surface area contributed by atoms with Crippen molar-refractivity contribution < 1.29 is 14.0 Å². The number of aromatic nitrogens is 1. The molecule has 4 rings (SSSR count). The predicted octanol–water partition coefficient (Wildman–Crippen LogP) is 5.59. The van der Waals surface area contributed by atoms with Crippen molar-refractivity contribution in [3.63, 3.8) is 0 Å². The summed E-state index contributed by atoms with van der Waals surface area (Å²) in [5.41, 5.74) is 2.15. The van der Waals surface area contributed by atoms with Gasteiger partial charge < -0.3 is 9.88 Å². The first-order valence-corrected chi connectivity index (χ1v) is 10.2. The van der Waals surface area contributed by atoms with Crippen molar-refractivity contribution in [2.24, 2.45) is 11.8 Å². The van der Waals surface area contributed by atoms with Gasteiger partial charge in [-0.25, -0.2) is 4.39 Å². The highest BCUT2D eigenvalue weighted by Crippen LogP contribution is 2.50. The van der Waals surface area contributed by atoms with Gasteiger partial charge in [0.15, 0.2) is 0 Å². The molecule has 1 heterocycles. The Kier molecular flexibility index (Phi) is 5.04. The van der Waals surface area contributed by atoms with Crippen LogP contribution in [-0.2, 0) is 4.79 Å². The number of benzene rings is 1. The predicted molar refractivity (Wildman–Crippen MR) is 107 cm³/mol. The third-order valence-corrected chi connectivity index (χ3v) is 6.45. The topological polar surface area (TPSA) is 51.1 Å². The van der Waals surface area contributed by atoms with Crippen LogP contribution in [0.1, 0.15) is 67.5 Å². The van der Waals surface area contributed by atoms with Gasteiger partial charge in [-0.2, -0.15) is 0 Å². The van der Waals surface area contributed by atoms with E-state index in [1.165, 1.54) is 18.2 Å². The monoisotopic (exact) mass is 402 g/mol. The molecule has 148 valence electrons. The first-order valence-electron chi connectivity index (χ1n) is 9.82. The zero-order valence-electron chi connectivity index (χ0n) is 16.0. The second-order valence-electron chi connectivity index (χ2n) is 8.34. The third-order valence-electron chi connectivity index (χ3n) is 6.16. The van der Waals surface area contributed by atoms with Crippen LogP contribution in [0.15, 0.2) is 30.5 Å². The Morgan fingerprint density at radius 1 is 1.21 bits per heavy atom. The van der Waals surface area contributed by atoms with Crippen molar-refractivity contribution in [1.82, 2.24) is 4.57 Å². The van der Waals surface area contributed by atoms with Gasteiger partial charge in [0, 0.05) is 30.8 Å². The van der Waals surface area contributed by atoms with Crippen LogP contribution < -0.4 is 5.32 Å². The molecule has 1 N–H and O–H groups in total. The number of amides is 1. The quantitative estimate of drug-likeness (QED) is 0.725. The zero-order chi connectivity index (χ0) is 20.0. The molecule has 2 saturated carbocycles. The van der Waals surface area contributed by atoms with Crippen LogP contribution in [0.3, 0.4) is 0 Å². The van der Waals surface area contributed by atoms with E-state index < -0.39 is 5.82 Å². The molecule has 1 aromatic carbocycles. The lowest BCUT2D eigenvalue weighted by molar-refractivity contribution is -0.117. The van der Waals surface area contributed by atoms with Crippen molar-refractivity contribution in [1.29, 1.82) is 0 Å². The fourth-order valence-corrected chi connectivity index (χ4v) is 5.05. The summed E-state index contributed by atoms with van der Waals surface area (Å²) >= 11 is 5.85. The SMILES string of the molecule is CC(C)n1ccc(C2CC3CC(=O)CC3C2)c1C(=O)Nc1ccc(F)c(Cl)c1. The van der Waals surface area contributed by atoms with Gasteiger partial charge in [0.05, 0.1) is 5.02 Å². The maximum Gasteiger partial charge on any atom is 0.272 e. The first-order chi connectivity index (χ1) is 13.3. The summed E-state index contributed by atoms with van der Waals surface area (Å²) < 4.78 is 15.4. The molecule has 0 radical (unpaired) electrons. The molecule has 2 aliphatic carbocycles. The average Bonchev–Trinajstić information content (AvgIpc) is 3.29. The molecule has 6 heteroatoms. The van der Waals surface area contributed by atoms with Gasteiger partial charge in [-0.05, 0) is 74.3 Å². The molecule has 2 aliphatic rings. The molecule has 0 aliphatic heterocycles. The molecule has 2 atom stereocenters. The number of fused-ring (bicyclic) bond motifs is 1. The third kappa shape index (κ3) is 3.48. The van der Waals surface area contributed by atoms with Gasteiger partial charge in [-0.15, -0.1) is 0 Å². The second-order valence-corrected chi connectivity index (χ2v) is 8.75. The number of carbonyl (C=O) groups is 2. The lowest BCUT2D eigenvalue weighted by atomic mass is 9.94. The summed E-state index contributed by atoms with van der Waals surface area (Å²) in [5, 5.41) is 2.84. The maximum absolute atomic E-state index is 13.4. The van der Waals surface area contributed by atoms with E-state index in [0.29, 0.717) is 47.8 Å². The number of ketones is 1. The Hall–Kier alpha value is -2.14. The highest BCUT2D eigenvalue weighted by molar-refractivity contribution is 6.31. The molecule has 2 fully saturated rings. The Morgan fingerprint density at radius 3 is 2.50 bits per heavy atom. The summed E-state index contributed by atoms with van der Waals surface area (Å²) in [6, 6.07) is 6.35. The second kappa shape index (κ2) is 7.36. The number of carbonyl (C=O) groups excluding carboxylic acids is 2. The van der Waals surface area contributed by atoms with Gasteiger partial charge in [-0.1, -0.05) is 11.6 Å². The van der Waals surface area contributed by atoms with Crippen molar-refractivity contribution in [3.8, 4) is 0 Å². The van der Waals surface area contributed by atoms with Crippen molar-refractivity contribution >= 4 is 29.0 Å². The van der Waals surface area contributed by atoms with E-state index in [4.69, 9.17) is 11.6 Å². The molecule has 0 saturated heterocycles.